The van der Waals surface area contributed by atoms with Crippen LogP contribution in [0.2, 0.25) is 0 Å². The second-order valence-electron chi connectivity index (χ2n) is 11.3. The van der Waals surface area contributed by atoms with Crippen molar-refractivity contribution in [2.24, 2.45) is 0 Å². The molecule has 0 aliphatic rings. The maximum atomic E-state index is 3.38. The first-order valence-electron chi connectivity index (χ1n) is 16.2. The average Bonchev–Trinajstić information content (AvgIpc) is 3.67. The molecule has 0 aliphatic heterocycles. The van der Waals surface area contributed by atoms with Gasteiger partial charge in [0.25, 0.3) is 0 Å². The molecule has 6 rings (SSSR count). The first-order valence-corrected chi connectivity index (χ1v) is 16.2. The molecule has 0 aliphatic carbocycles. The zero-order chi connectivity index (χ0) is 30.6. The van der Waals surface area contributed by atoms with Crippen molar-refractivity contribution in [2.45, 2.75) is 72.6 Å². The van der Waals surface area contributed by atoms with Crippen molar-refractivity contribution in [1.82, 2.24) is 0 Å². The maximum absolute atomic E-state index is 3.38. The smallest absolute Gasteiger partial charge is 0.372 e. The Kier molecular flexibility index (Phi) is 19.4. The molecule has 0 nitrogen and oxygen atoms in total. The van der Waals surface area contributed by atoms with Crippen LogP contribution in [0.3, 0.4) is 0 Å². The van der Waals surface area contributed by atoms with Crippen molar-refractivity contribution in [1.29, 1.82) is 0 Å². The van der Waals surface area contributed by atoms with Gasteiger partial charge in [0.15, 0.2) is 0 Å². The third kappa shape index (κ3) is 10.8. The molecule has 0 saturated carbocycles. The predicted molar refractivity (Wildman–Crippen MR) is 207 cm³/mol. The topological polar surface area (TPSA) is 0 Å². The molecule has 0 spiro atoms. The minimum atomic E-state index is 0. The molecule has 3 heteroatoms. The van der Waals surface area contributed by atoms with Crippen molar-refractivity contribution in [3.8, 4) is 22.3 Å². The second-order valence-corrected chi connectivity index (χ2v) is 11.3. The summed E-state index contributed by atoms with van der Waals surface area (Å²) in [5.74, 6) is 0. The van der Waals surface area contributed by atoms with Crippen LogP contribution in [0.25, 0.3) is 43.8 Å². The summed E-state index contributed by atoms with van der Waals surface area (Å²) in [5, 5.41) is 5.48. The van der Waals surface area contributed by atoms with E-state index >= 15 is 0 Å². The van der Waals surface area contributed by atoms with Gasteiger partial charge in [-0.2, -0.15) is 12.1 Å². The SMILES string of the molecule is CCCc1ccc(-c2cccc3[cH-]c(CC)cc23)cc1.CCCc1ccc(-c2cccc3[cH-]c(CC)cc23)cc1.Cl.Cl.[CH2-]C[CH2-].[Hf+4]. The van der Waals surface area contributed by atoms with E-state index in [1.165, 1.54) is 91.7 Å². The summed E-state index contributed by atoms with van der Waals surface area (Å²) in [6, 6.07) is 40.6. The first-order chi connectivity index (χ1) is 21.0. The maximum Gasteiger partial charge on any atom is 4.00 e. The van der Waals surface area contributed by atoms with Crippen LogP contribution in [-0.2, 0) is 51.5 Å². The van der Waals surface area contributed by atoms with Crippen LogP contribution in [0, 0.1) is 13.8 Å². The van der Waals surface area contributed by atoms with Crippen LogP contribution in [0.4, 0.5) is 0 Å². The van der Waals surface area contributed by atoms with Gasteiger partial charge in [0.05, 0.1) is 0 Å². The van der Waals surface area contributed by atoms with Gasteiger partial charge < -0.3 is 20.3 Å². The van der Waals surface area contributed by atoms with Crippen LogP contribution in [0.1, 0.15) is 69.2 Å². The fourth-order valence-electron chi connectivity index (χ4n) is 5.78. The van der Waals surface area contributed by atoms with Gasteiger partial charge in [-0.05, 0) is 47.9 Å². The van der Waals surface area contributed by atoms with Gasteiger partial charge in [0.2, 0.25) is 0 Å². The third-order valence-electron chi connectivity index (χ3n) is 8.04. The van der Waals surface area contributed by atoms with E-state index in [0.717, 1.165) is 19.3 Å². The van der Waals surface area contributed by atoms with E-state index < -0.39 is 0 Å². The van der Waals surface area contributed by atoms with Crippen LogP contribution in [0.15, 0.2) is 109 Å². The minimum Gasteiger partial charge on any atom is -0.372 e. The van der Waals surface area contributed by atoms with Crippen LogP contribution >= 0.6 is 24.8 Å². The molecule has 0 saturated heterocycles. The summed E-state index contributed by atoms with van der Waals surface area (Å²) in [4.78, 5) is 0. The van der Waals surface area contributed by atoms with E-state index in [0.29, 0.717) is 0 Å². The summed E-state index contributed by atoms with van der Waals surface area (Å²) in [6.45, 7) is 15.6. The molecule has 46 heavy (non-hydrogen) atoms. The van der Waals surface area contributed by atoms with Gasteiger partial charge in [-0.25, -0.2) is 0 Å². The van der Waals surface area contributed by atoms with Gasteiger partial charge in [0.1, 0.15) is 0 Å². The Bertz CT molecular complexity index is 1560. The number of hydrogen-bond donors (Lipinski definition) is 0. The second kappa shape index (κ2) is 21.4. The average molecular weight is 816 g/mol. The fourth-order valence-corrected chi connectivity index (χ4v) is 5.78. The van der Waals surface area contributed by atoms with Crippen molar-refractivity contribution in [3.63, 3.8) is 0 Å². The third-order valence-corrected chi connectivity index (χ3v) is 8.04. The van der Waals surface area contributed by atoms with E-state index in [1.54, 1.807) is 0 Å². The van der Waals surface area contributed by atoms with Crippen LogP contribution in [-0.4, -0.2) is 0 Å². The molecule has 0 amide bonds. The molecule has 6 aromatic carbocycles. The van der Waals surface area contributed by atoms with Crippen LogP contribution < -0.4 is 0 Å². The first kappa shape index (κ1) is 41.6. The monoisotopic (exact) mass is 816 g/mol. The van der Waals surface area contributed by atoms with Crippen molar-refractivity contribution >= 4 is 46.4 Å². The number of rotatable bonds is 8. The molecule has 0 fully saturated rings. The standard InChI is InChI=1S/2C20H21.C3H6.2ClH.Hf/c2*1-3-6-16-9-11-17(12-10-16)19-8-5-7-18-13-15(4-2)14-20(18)19;1-3-2;;;/h2*5,7-14H,3-4,6H2,1-2H3;1-3H2;2*1H;/q2*-1;-2;;;+4. The Morgan fingerprint density at radius 3 is 1.17 bits per heavy atom. The molecule has 0 aromatic heterocycles. The predicted octanol–water partition coefficient (Wildman–Crippen LogP) is 13.4. The number of aryl methyl sites for hydroxylation is 4. The summed E-state index contributed by atoms with van der Waals surface area (Å²) < 4.78 is 0. The van der Waals surface area contributed by atoms with Gasteiger partial charge in [-0.3, -0.25) is 0 Å². The molecule has 0 radical (unpaired) electrons. The Balaban J connectivity index is 0.000000400. The Labute approximate surface area is 310 Å². The zero-order valence-corrected chi connectivity index (χ0v) is 33.3. The summed E-state index contributed by atoms with van der Waals surface area (Å²) in [5.41, 5.74) is 11.1. The zero-order valence-electron chi connectivity index (χ0n) is 28.1. The van der Waals surface area contributed by atoms with E-state index in [1.807, 2.05) is 0 Å². The molecule has 0 bridgehead atoms. The molecule has 0 heterocycles. The van der Waals surface area contributed by atoms with Gasteiger partial charge in [-0.1, -0.05) is 112 Å². The van der Waals surface area contributed by atoms with Gasteiger partial charge in [-0.15, -0.1) is 93.9 Å². The van der Waals surface area contributed by atoms with Crippen molar-refractivity contribution < 1.29 is 25.8 Å². The summed E-state index contributed by atoms with van der Waals surface area (Å²) in [6.07, 6.45) is 7.70. The molecule has 0 N–H and O–H groups in total. The van der Waals surface area contributed by atoms with Crippen molar-refractivity contribution in [2.75, 3.05) is 0 Å². The Hall–Kier alpha value is -2.45. The summed E-state index contributed by atoms with van der Waals surface area (Å²) in [7, 11) is 0. The van der Waals surface area contributed by atoms with E-state index in [9.17, 15) is 0 Å². The largest absolute Gasteiger partial charge is 4.00 e. The number of fused-ring (bicyclic) bond motifs is 2. The molecule has 6 aromatic rings. The number of halogens is 2. The van der Waals surface area contributed by atoms with Gasteiger partial charge in [0, 0.05) is 0 Å². The Morgan fingerprint density at radius 1 is 0.522 bits per heavy atom. The number of hydrogen-bond acceptors (Lipinski definition) is 0. The fraction of sp³-hybridized carbons (Fsp3) is 0.256. The van der Waals surface area contributed by atoms with E-state index in [4.69, 9.17) is 0 Å². The number of benzene rings is 4. The van der Waals surface area contributed by atoms with E-state index in [-0.39, 0.29) is 50.7 Å². The minimum absolute atomic E-state index is 0. The normalized spacial score (nSPS) is 10.0. The molecule has 0 atom stereocenters. The van der Waals surface area contributed by atoms with E-state index in [2.05, 4.69) is 151 Å². The van der Waals surface area contributed by atoms with Gasteiger partial charge >= 0.3 is 25.8 Å². The van der Waals surface area contributed by atoms with Crippen LogP contribution in [0.5, 0.6) is 0 Å². The molecule has 240 valence electrons. The molecule has 0 unspecified atom stereocenters. The Morgan fingerprint density at radius 2 is 0.870 bits per heavy atom. The van der Waals surface area contributed by atoms with Crippen molar-refractivity contribution in [3.05, 3.63) is 145 Å². The molecular weight excluding hydrogens is 766 g/mol. The summed E-state index contributed by atoms with van der Waals surface area (Å²) >= 11 is 0. The molecular formula is C43H50Cl2Hf. The quantitative estimate of drug-likeness (QED) is 0.106.